The van der Waals surface area contributed by atoms with Crippen LogP contribution in [0.1, 0.15) is 11.5 Å². The van der Waals surface area contributed by atoms with Crippen LogP contribution in [0.3, 0.4) is 0 Å². The van der Waals surface area contributed by atoms with E-state index in [9.17, 15) is 13.2 Å². The molecule has 0 saturated carbocycles. The lowest BCUT2D eigenvalue weighted by molar-refractivity contribution is -0.137. The fraction of sp³-hybridized carbons (Fsp3) is 0.133. The van der Waals surface area contributed by atoms with Crippen molar-refractivity contribution in [2.75, 3.05) is 5.32 Å². The van der Waals surface area contributed by atoms with Crippen LogP contribution in [-0.2, 0) is 12.7 Å². The van der Waals surface area contributed by atoms with Crippen LogP contribution in [0.2, 0.25) is 5.02 Å². The quantitative estimate of drug-likeness (QED) is 0.751. The second kappa shape index (κ2) is 6.48. The van der Waals surface area contributed by atoms with Crippen molar-refractivity contribution in [1.29, 1.82) is 0 Å². The van der Waals surface area contributed by atoms with Gasteiger partial charge in [-0.15, -0.1) is 0 Å². The molecule has 0 fully saturated rings. The number of pyridine rings is 1. The number of hydrogen-bond acceptors (Lipinski definition) is 5. The van der Waals surface area contributed by atoms with Crippen molar-refractivity contribution in [3.05, 3.63) is 59.1 Å². The Morgan fingerprint density at radius 2 is 2.00 bits per heavy atom. The van der Waals surface area contributed by atoms with Crippen LogP contribution in [0.25, 0.3) is 11.4 Å². The zero-order valence-corrected chi connectivity index (χ0v) is 12.8. The van der Waals surface area contributed by atoms with E-state index >= 15 is 0 Å². The first kappa shape index (κ1) is 16.3. The van der Waals surface area contributed by atoms with Gasteiger partial charge >= 0.3 is 6.18 Å². The molecule has 2 heterocycles. The van der Waals surface area contributed by atoms with Crippen LogP contribution in [0.5, 0.6) is 0 Å². The molecule has 0 bridgehead atoms. The zero-order valence-electron chi connectivity index (χ0n) is 12.0. The van der Waals surface area contributed by atoms with Gasteiger partial charge < -0.3 is 9.84 Å². The second-order valence-corrected chi connectivity index (χ2v) is 5.24. The van der Waals surface area contributed by atoms with E-state index in [1.54, 1.807) is 24.3 Å². The molecule has 124 valence electrons. The predicted octanol–water partition coefficient (Wildman–Crippen LogP) is 4.42. The van der Waals surface area contributed by atoms with Gasteiger partial charge in [0, 0.05) is 16.8 Å². The van der Waals surface area contributed by atoms with E-state index in [2.05, 4.69) is 20.4 Å². The van der Waals surface area contributed by atoms with E-state index in [1.165, 1.54) is 6.07 Å². The zero-order chi connectivity index (χ0) is 17.2. The molecule has 0 amide bonds. The number of aromatic nitrogens is 3. The molecule has 0 aliphatic carbocycles. The third-order valence-corrected chi connectivity index (χ3v) is 3.30. The first-order chi connectivity index (χ1) is 11.4. The van der Waals surface area contributed by atoms with Gasteiger partial charge in [0.05, 0.1) is 12.1 Å². The molecule has 5 nitrogen and oxygen atoms in total. The summed E-state index contributed by atoms with van der Waals surface area (Å²) < 4.78 is 42.5. The highest BCUT2D eigenvalue weighted by atomic mass is 35.5. The Morgan fingerprint density at radius 3 is 2.67 bits per heavy atom. The van der Waals surface area contributed by atoms with E-state index < -0.39 is 11.7 Å². The van der Waals surface area contributed by atoms with Gasteiger partial charge in [0.2, 0.25) is 11.7 Å². The van der Waals surface area contributed by atoms with E-state index in [1.807, 2.05) is 0 Å². The highest BCUT2D eigenvalue weighted by Crippen LogP contribution is 2.28. The average molecular weight is 355 g/mol. The lowest BCUT2D eigenvalue weighted by atomic mass is 10.2. The Bertz CT molecular complexity index is 833. The molecule has 0 spiro atoms. The lowest BCUT2D eigenvalue weighted by Crippen LogP contribution is -2.07. The Kier molecular flexibility index (Phi) is 4.39. The topological polar surface area (TPSA) is 63.8 Å². The van der Waals surface area contributed by atoms with Crippen molar-refractivity contribution in [3.63, 3.8) is 0 Å². The highest BCUT2D eigenvalue weighted by Gasteiger charge is 2.30. The fourth-order valence-electron chi connectivity index (χ4n) is 1.90. The molecule has 2 aromatic heterocycles. The summed E-state index contributed by atoms with van der Waals surface area (Å²) in [7, 11) is 0. The van der Waals surface area contributed by atoms with Crippen LogP contribution < -0.4 is 5.32 Å². The summed E-state index contributed by atoms with van der Waals surface area (Å²) in [5, 5.41) is 7.19. The van der Waals surface area contributed by atoms with Crippen LogP contribution in [0.15, 0.2) is 47.1 Å². The van der Waals surface area contributed by atoms with Crippen LogP contribution in [0, 0.1) is 0 Å². The number of halogens is 4. The average Bonchev–Trinajstić information content (AvgIpc) is 3.01. The standard InChI is InChI=1S/C15H10ClF3N4O/c16-11-3-1-2-9(6-11)14-22-13(24-23-14)8-21-12-5-4-10(7-20-12)15(17,18)19/h1-7H,8H2,(H,20,21). The van der Waals surface area contributed by atoms with Gasteiger partial charge in [-0.1, -0.05) is 28.9 Å². The molecule has 9 heteroatoms. The molecule has 3 aromatic rings. The maximum absolute atomic E-state index is 12.5. The molecule has 0 atom stereocenters. The van der Waals surface area contributed by atoms with Crippen molar-refractivity contribution >= 4 is 17.4 Å². The number of anilines is 1. The Balaban J connectivity index is 1.65. The molecule has 0 unspecified atom stereocenters. The summed E-state index contributed by atoms with van der Waals surface area (Å²) >= 11 is 5.90. The lowest BCUT2D eigenvalue weighted by Gasteiger charge is -2.07. The largest absolute Gasteiger partial charge is 0.417 e. The van der Waals surface area contributed by atoms with E-state index in [0.29, 0.717) is 16.4 Å². The van der Waals surface area contributed by atoms with Gasteiger partial charge in [0.25, 0.3) is 0 Å². The summed E-state index contributed by atoms with van der Waals surface area (Å²) in [6.45, 7) is 0.131. The molecule has 0 saturated heterocycles. The molecule has 0 radical (unpaired) electrons. The third kappa shape index (κ3) is 3.83. The van der Waals surface area contributed by atoms with Gasteiger partial charge in [0.15, 0.2) is 0 Å². The van der Waals surface area contributed by atoms with Gasteiger partial charge in [-0.05, 0) is 24.3 Å². The van der Waals surface area contributed by atoms with Crippen molar-refractivity contribution in [1.82, 2.24) is 15.1 Å². The number of rotatable bonds is 4. The summed E-state index contributed by atoms with van der Waals surface area (Å²) in [6.07, 6.45) is -3.66. The van der Waals surface area contributed by atoms with E-state index in [4.69, 9.17) is 16.1 Å². The first-order valence-corrected chi connectivity index (χ1v) is 7.15. The smallest absolute Gasteiger partial charge is 0.361 e. The van der Waals surface area contributed by atoms with Crippen molar-refractivity contribution in [3.8, 4) is 11.4 Å². The number of nitrogens with zero attached hydrogens (tertiary/aromatic N) is 3. The molecular formula is C15H10ClF3N4O. The normalized spacial score (nSPS) is 11.5. The number of hydrogen-bond donors (Lipinski definition) is 1. The number of alkyl halides is 3. The highest BCUT2D eigenvalue weighted by molar-refractivity contribution is 6.30. The van der Waals surface area contributed by atoms with Crippen LogP contribution in [0.4, 0.5) is 19.0 Å². The minimum Gasteiger partial charge on any atom is -0.361 e. The van der Waals surface area contributed by atoms with Gasteiger partial charge in [-0.3, -0.25) is 0 Å². The van der Waals surface area contributed by atoms with Crippen molar-refractivity contribution in [2.24, 2.45) is 0 Å². The molecule has 1 aromatic carbocycles. The molecule has 0 aliphatic heterocycles. The third-order valence-electron chi connectivity index (χ3n) is 3.06. The monoisotopic (exact) mass is 354 g/mol. The Morgan fingerprint density at radius 1 is 1.17 bits per heavy atom. The summed E-state index contributed by atoms with van der Waals surface area (Å²) in [5.74, 6) is 0.909. The van der Waals surface area contributed by atoms with Crippen LogP contribution in [-0.4, -0.2) is 15.1 Å². The molecule has 3 rings (SSSR count). The summed E-state index contributed by atoms with van der Waals surface area (Å²) in [4.78, 5) is 7.89. The maximum atomic E-state index is 12.5. The second-order valence-electron chi connectivity index (χ2n) is 4.81. The SMILES string of the molecule is FC(F)(F)c1ccc(NCc2nc(-c3cccc(Cl)c3)no2)nc1. The fourth-order valence-corrected chi connectivity index (χ4v) is 2.09. The summed E-state index contributed by atoms with van der Waals surface area (Å²) in [5.41, 5.74) is -0.112. The summed E-state index contributed by atoms with van der Waals surface area (Å²) in [6, 6.07) is 9.14. The maximum Gasteiger partial charge on any atom is 0.417 e. The molecule has 0 aliphatic rings. The minimum atomic E-state index is -4.41. The molecule has 1 N–H and O–H groups in total. The minimum absolute atomic E-state index is 0.131. The van der Waals surface area contributed by atoms with Gasteiger partial charge in [-0.25, -0.2) is 4.98 Å². The van der Waals surface area contributed by atoms with Crippen molar-refractivity contribution < 1.29 is 17.7 Å². The predicted molar refractivity (Wildman–Crippen MR) is 81.3 cm³/mol. The number of nitrogens with one attached hydrogen (secondary N) is 1. The first-order valence-electron chi connectivity index (χ1n) is 6.77. The van der Waals surface area contributed by atoms with Crippen LogP contribution >= 0.6 is 11.6 Å². The van der Waals surface area contributed by atoms with E-state index in [-0.39, 0.29) is 18.3 Å². The Hall–Kier alpha value is -2.61. The van der Waals surface area contributed by atoms with Crippen molar-refractivity contribution in [2.45, 2.75) is 12.7 Å². The number of benzene rings is 1. The molecule has 24 heavy (non-hydrogen) atoms. The van der Waals surface area contributed by atoms with Gasteiger partial charge in [0.1, 0.15) is 5.82 Å². The Labute approximate surface area is 139 Å². The van der Waals surface area contributed by atoms with Gasteiger partial charge in [-0.2, -0.15) is 18.2 Å². The molecular weight excluding hydrogens is 345 g/mol. The van der Waals surface area contributed by atoms with E-state index in [0.717, 1.165) is 12.3 Å².